The van der Waals surface area contributed by atoms with Crippen molar-refractivity contribution in [3.8, 4) is 11.5 Å². The van der Waals surface area contributed by atoms with Crippen molar-refractivity contribution in [2.45, 2.75) is 20.3 Å². The van der Waals surface area contributed by atoms with Gasteiger partial charge in [-0.15, -0.1) is 0 Å². The number of methoxy groups -OCH3 is 2. The summed E-state index contributed by atoms with van der Waals surface area (Å²) in [5.41, 5.74) is 1.35. The molecule has 0 heterocycles. The minimum absolute atomic E-state index is 0.632. The van der Waals surface area contributed by atoms with Crippen LogP contribution in [0.4, 0.5) is 0 Å². The molecule has 2 nitrogen and oxygen atoms in total. The van der Waals surface area contributed by atoms with E-state index in [1.54, 1.807) is 14.2 Å². The summed E-state index contributed by atoms with van der Waals surface area (Å²) in [4.78, 5) is 0. The van der Waals surface area contributed by atoms with Crippen LogP contribution >= 0.6 is 0 Å². The Kier molecular flexibility index (Phi) is 3.75. The molecule has 0 aromatic heterocycles. The second-order valence-corrected chi connectivity index (χ2v) is 4.91. The Hall–Kier alpha value is -1.70. The molecule has 0 saturated carbocycles. The van der Waals surface area contributed by atoms with Crippen LogP contribution < -0.4 is 9.47 Å². The normalized spacial score (nSPS) is 10.9. The Morgan fingerprint density at radius 1 is 0.944 bits per heavy atom. The van der Waals surface area contributed by atoms with E-state index in [0.717, 1.165) is 23.3 Å². The fourth-order valence-corrected chi connectivity index (χ4v) is 2.36. The summed E-state index contributed by atoms with van der Waals surface area (Å²) in [5.74, 6) is 2.37. The second kappa shape index (κ2) is 5.30. The number of hydrogen-bond acceptors (Lipinski definition) is 2. The van der Waals surface area contributed by atoms with Crippen molar-refractivity contribution in [1.29, 1.82) is 0 Å². The average molecular weight is 244 g/mol. The first-order valence-corrected chi connectivity index (χ1v) is 6.30. The van der Waals surface area contributed by atoms with Crippen LogP contribution in [0.5, 0.6) is 11.5 Å². The Bertz CT molecular complexity index is 534. The van der Waals surface area contributed by atoms with Crippen molar-refractivity contribution in [1.82, 2.24) is 0 Å². The van der Waals surface area contributed by atoms with Gasteiger partial charge in [0.25, 0.3) is 0 Å². The van der Waals surface area contributed by atoms with Gasteiger partial charge in [-0.2, -0.15) is 0 Å². The zero-order valence-electron chi connectivity index (χ0n) is 11.5. The van der Waals surface area contributed by atoms with Gasteiger partial charge in [0, 0.05) is 0 Å². The highest BCUT2D eigenvalue weighted by Gasteiger charge is 2.11. The van der Waals surface area contributed by atoms with Gasteiger partial charge in [0.05, 0.1) is 19.6 Å². The topological polar surface area (TPSA) is 18.5 Å². The van der Waals surface area contributed by atoms with Crippen molar-refractivity contribution >= 4 is 10.8 Å². The van der Waals surface area contributed by atoms with E-state index in [0.29, 0.717) is 5.92 Å². The predicted molar refractivity (Wildman–Crippen MR) is 75.6 cm³/mol. The van der Waals surface area contributed by atoms with Gasteiger partial charge in [0.2, 0.25) is 0 Å². The molecule has 0 saturated heterocycles. The van der Waals surface area contributed by atoms with E-state index in [-0.39, 0.29) is 0 Å². The van der Waals surface area contributed by atoms with Gasteiger partial charge in [0.1, 0.15) is 11.5 Å². The zero-order valence-corrected chi connectivity index (χ0v) is 11.5. The van der Waals surface area contributed by atoms with Crippen molar-refractivity contribution in [3.63, 3.8) is 0 Å². The lowest BCUT2D eigenvalue weighted by atomic mass is 9.96. The van der Waals surface area contributed by atoms with Gasteiger partial charge >= 0.3 is 0 Å². The number of hydrogen-bond donors (Lipinski definition) is 0. The third-order valence-corrected chi connectivity index (χ3v) is 3.12. The molecule has 0 N–H and O–H groups in total. The number of benzene rings is 2. The molecule has 0 unspecified atom stereocenters. The largest absolute Gasteiger partial charge is 0.496 e. The summed E-state index contributed by atoms with van der Waals surface area (Å²) in [6, 6.07) is 10.3. The summed E-state index contributed by atoms with van der Waals surface area (Å²) in [6.07, 6.45) is 1.06. The molecule has 2 rings (SSSR count). The lowest BCUT2D eigenvalue weighted by Crippen LogP contribution is -1.97. The van der Waals surface area contributed by atoms with Crippen LogP contribution in [0.15, 0.2) is 30.3 Å². The molecule has 0 aliphatic heterocycles. The van der Waals surface area contributed by atoms with E-state index in [1.807, 2.05) is 18.2 Å². The maximum absolute atomic E-state index is 5.45. The Balaban J connectivity index is 2.70. The molecule has 18 heavy (non-hydrogen) atoms. The Morgan fingerprint density at radius 2 is 1.61 bits per heavy atom. The van der Waals surface area contributed by atoms with E-state index in [1.165, 1.54) is 10.9 Å². The summed E-state index contributed by atoms with van der Waals surface area (Å²) >= 11 is 0. The molecule has 0 spiro atoms. The summed E-state index contributed by atoms with van der Waals surface area (Å²) in [5, 5.41) is 2.29. The zero-order chi connectivity index (χ0) is 13.1. The second-order valence-electron chi connectivity index (χ2n) is 4.91. The van der Waals surface area contributed by atoms with Gasteiger partial charge in [-0.1, -0.05) is 32.0 Å². The first-order valence-electron chi connectivity index (χ1n) is 6.30. The average Bonchev–Trinajstić information content (AvgIpc) is 2.38. The van der Waals surface area contributed by atoms with E-state index < -0.39 is 0 Å². The number of fused-ring (bicyclic) bond motifs is 1. The van der Waals surface area contributed by atoms with Crippen LogP contribution in [0.3, 0.4) is 0 Å². The first-order chi connectivity index (χ1) is 8.67. The van der Waals surface area contributed by atoms with E-state index in [2.05, 4.69) is 26.0 Å². The van der Waals surface area contributed by atoms with Gasteiger partial charge < -0.3 is 9.47 Å². The van der Waals surface area contributed by atoms with Crippen LogP contribution in [0.2, 0.25) is 0 Å². The highest BCUT2D eigenvalue weighted by Crippen LogP contribution is 2.36. The highest BCUT2D eigenvalue weighted by molar-refractivity contribution is 5.96. The molecule has 96 valence electrons. The quantitative estimate of drug-likeness (QED) is 0.807. The smallest absolute Gasteiger partial charge is 0.130 e. The fraction of sp³-hybridized carbons (Fsp3) is 0.375. The lowest BCUT2D eigenvalue weighted by molar-refractivity contribution is 0.405. The maximum Gasteiger partial charge on any atom is 0.130 e. The summed E-state index contributed by atoms with van der Waals surface area (Å²) in [7, 11) is 3.40. The minimum atomic E-state index is 0.632. The van der Waals surface area contributed by atoms with Crippen molar-refractivity contribution < 1.29 is 9.47 Å². The number of ether oxygens (including phenoxy) is 2. The van der Waals surface area contributed by atoms with Crippen LogP contribution in [-0.2, 0) is 6.42 Å². The van der Waals surface area contributed by atoms with Crippen molar-refractivity contribution in [2.24, 2.45) is 5.92 Å². The summed E-state index contributed by atoms with van der Waals surface area (Å²) < 4.78 is 10.9. The van der Waals surface area contributed by atoms with Gasteiger partial charge in [-0.25, -0.2) is 0 Å². The number of rotatable bonds is 4. The molecule has 0 radical (unpaired) electrons. The van der Waals surface area contributed by atoms with E-state index >= 15 is 0 Å². The van der Waals surface area contributed by atoms with E-state index in [4.69, 9.17) is 9.47 Å². The Labute approximate surface area is 109 Å². The molecule has 0 fully saturated rings. The SMILES string of the molecule is COc1cccc2c(CC(C)C)ccc(OC)c12. The Morgan fingerprint density at radius 3 is 2.22 bits per heavy atom. The van der Waals surface area contributed by atoms with Crippen LogP contribution in [-0.4, -0.2) is 14.2 Å². The molecule has 0 amide bonds. The predicted octanol–water partition coefficient (Wildman–Crippen LogP) is 4.06. The van der Waals surface area contributed by atoms with Gasteiger partial charge in [0.15, 0.2) is 0 Å². The lowest BCUT2D eigenvalue weighted by Gasteiger charge is -2.14. The maximum atomic E-state index is 5.45. The third kappa shape index (κ3) is 2.28. The molecule has 0 aliphatic rings. The molecular formula is C16H20O2. The monoisotopic (exact) mass is 244 g/mol. The van der Waals surface area contributed by atoms with E-state index in [9.17, 15) is 0 Å². The standard InChI is InChI=1S/C16H20O2/c1-11(2)10-12-8-9-15(18-4)16-13(12)6-5-7-14(16)17-3/h5-9,11H,10H2,1-4H3. The molecule has 0 atom stereocenters. The van der Waals surface area contributed by atoms with Gasteiger partial charge in [-0.05, 0) is 35.4 Å². The minimum Gasteiger partial charge on any atom is -0.496 e. The molecule has 2 aromatic rings. The van der Waals surface area contributed by atoms with Crippen LogP contribution in [0.25, 0.3) is 10.8 Å². The van der Waals surface area contributed by atoms with Crippen LogP contribution in [0, 0.1) is 5.92 Å². The molecular weight excluding hydrogens is 224 g/mol. The van der Waals surface area contributed by atoms with Crippen LogP contribution in [0.1, 0.15) is 19.4 Å². The summed E-state index contributed by atoms with van der Waals surface area (Å²) in [6.45, 7) is 4.46. The molecule has 0 aliphatic carbocycles. The van der Waals surface area contributed by atoms with Crippen molar-refractivity contribution in [2.75, 3.05) is 14.2 Å². The first kappa shape index (κ1) is 12.7. The molecule has 2 heteroatoms. The highest BCUT2D eigenvalue weighted by atomic mass is 16.5. The third-order valence-electron chi connectivity index (χ3n) is 3.12. The van der Waals surface area contributed by atoms with Crippen molar-refractivity contribution in [3.05, 3.63) is 35.9 Å². The van der Waals surface area contributed by atoms with Gasteiger partial charge in [-0.3, -0.25) is 0 Å². The molecule has 2 aromatic carbocycles. The fourth-order valence-electron chi connectivity index (χ4n) is 2.36. The molecule has 0 bridgehead atoms.